The van der Waals surface area contributed by atoms with Crippen molar-refractivity contribution in [3.8, 4) is 22.3 Å². The molecule has 1 aromatic heterocycles. The van der Waals surface area contributed by atoms with Gasteiger partial charge in [-0.05, 0) is 91.7 Å². The van der Waals surface area contributed by atoms with Gasteiger partial charge < -0.3 is 4.90 Å². The van der Waals surface area contributed by atoms with E-state index in [1.165, 1.54) is 75.5 Å². The van der Waals surface area contributed by atoms with Crippen molar-refractivity contribution in [1.29, 1.82) is 0 Å². The molecule has 258 valence electrons. The maximum absolute atomic E-state index is 2.44. The van der Waals surface area contributed by atoms with E-state index in [4.69, 9.17) is 0 Å². The minimum Gasteiger partial charge on any atom is -0.310 e. The van der Waals surface area contributed by atoms with Gasteiger partial charge in [0, 0.05) is 37.2 Å². The van der Waals surface area contributed by atoms with E-state index < -0.39 is 5.41 Å². The third kappa shape index (κ3) is 4.85. The minimum atomic E-state index is -0.467. The smallest absolute Gasteiger partial charge is 0.0714 e. The lowest BCUT2D eigenvalue weighted by molar-refractivity contribution is 0.768. The molecule has 0 radical (unpaired) electrons. The van der Waals surface area contributed by atoms with Crippen molar-refractivity contribution < 1.29 is 0 Å². The van der Waals surface area contributed by atoms with Crippen LogP contribution in [0.15, 0.2) is 212 Å². The molecule has 0 N–H and O–H groups in total. The van der Waals surface area contributed by atoms with Crippen LogP contribution in [0.3, 0.4) is 0 Å². The highest BCUT2D eigenvalue weighted by atomic mass is 32.1. The number of benzene rings is 9. The van der Waals surface area contributed by atoms with Crippen LogP contribution in [0.4, 0.5) is 17.1 Å². The molecule has 0 saturated heterocycles. The number of thiophene rings is 1. The molecule has 11 rings (SSSR count). The quantitative estimate of drug-likeness (QED) is 0.166. The van der Waals surface area contributed by atoms with E-state index in [9.17, 15) is 0 Å². The zero-order valence-electron chi connectivity index (χ0n) is 30.1. The molecule has 0 atom stereocenters. The van der Waals surface area contributed by atoms with Crippen LogP contribution in [-0.4, -0.2) is 0 Å². The van der Waals surface area contributed by atoms with Crippen LogP contribution >= 0.6 is 11.3 Å². The highest BCUT2D eigenvalue weighted by molar-refractivity contribution is 7.27. The Balaban J connectivity index is 1.08. The van der Waals surface area contributed by atoms with Crippen LogP contribution in [-0.2, 0) is 5.41 Å². The van der Waals surface area contributed by atoms with Crippen LogP contribution in [0.5, 0.6) is 0 Å². The summed E-state index contributed by atoms with van der Waals surface area (Å²) in [5.41, 5.74) is 13.1. The molecule has 0 aliphatic heterocycles. The van der Waals surface area contributed by atoms with Gasteiger partial charge in [0.05, 0.1) is 5.41 Å². The molecular weight excluding hydrogens is 683 g/mol. The molecule has 1 heterocycles. The van der Waals surface area contributed by atoms with E-state index in [1.807, 2.05) is 11.3 Å². The molecule has 0 amide bonds. The molecule has 0 bridgehead atoms. The van der Waals surface area contributed by atoms with Crippen LogP contribution in [0, 0.1) is 0 Å². The van der Waals surface area contributed by atoms with E-state index in [0.717, 1.165) is 17.1 Å². The lowest BCUT2D eigenvalue weighted by atomic mass is 9.67. The van der Waals surface area contributed by atoms with Crippen molar-refractivity contribution in [2.75, 3.05) is 4.90 Å². The summed E-state index contributed by atoms with van der Waals surface area (Å²) in [6.45, 7) is 0. The molecule has 2 heteroatoms. The Morgan fingerprint density at radius 1 is 0.345 bits per heavy atom. The molecule has 1 nitrogen and oxygen atoms in total. The molecule has 1 aliphatic rings. The zero-order chi connectivity index (χ0) is 36.3. The van der Waals surface area contributed by atoms with Gasteiger partial charge in [-0.25, -0.2) is 0 Å². The van der Waals surface area contributed by atoms with Gasteiger partial charge in [-0.15, -0.1) is 11.3 Å². The summed E-state index contributed by atoms with van der Waals surface area (Å²) in [6, 6.07) is 78.1. The van der Waals surface area contributed by atoms with E-state index >= 15 is 0 Å². The highest BCUT2D eigenvalue weighted by Gasteiger charge is 2.46. The first-order chi connectivity index (χ1) is 27.3. The fourth-order valence-corrected chi connectivity index (χ4v) is 10.5. The van der Waals surface area contributed by atoms with Crippen molar-refractivity contribution in [1.82, 2.24) is 0 Å². The first-order valence-electron chi connectivity index (χ1n) is 18.9. The summed E-state index contributed by atoms with van der Waals surface area (Å²) >= 11 is 1.91. The standard InChI is InChI=1S/C53H35NS/c1-4-16-38(17-5-1)53(39-18-6-2-7-19-39)49-26-13-12-23-45(49)46-34-32-42(35-50(46)53)54(40-20-8-3-9-21-40)41-30-27-37(28-31-41)44-24-14-25-47-48-33-29-36-15-10-11-22-43(36)52(48)55-51(44)47/h1-35H. The van der Waals surface area contributed by atoms with Gasteiger partial charge in [-0.1, -0.05) is 176 Å². The molecule has 9 aromatic carbocycles. The molecule has 0 spiro atoms. The van der Waals surface area contributed by atoms with Gasteiger partial charge >= 0.3 is 0 Å². The van der Waals surface area contributed by atoms with Gasteiger partial charge in [0.1, 0.15) is 0 Å². The normalized spacial score (nSPS) is 12.9. The molecular formula is C53H35NS. The van der Waals surface area contributed by atoms with E-state index in [2.05, 4.69) is 217 Å². The Hall–Kier alpha value is -6.74. The summed E-state index contributed by atoms with van der Waals surface area (Å²) in [6.07, 6.45) is 0. The Morgan fingerprint density at radius 3 is 1.67 bits per heavy atom. The van der Waals surface area contributed by atoms with Crippen molar-refractivity contribution in [2.24, 2.45) is 0 Å². The molecule has 55 heavy (non-hydrogen) atoms. The predicted molar refractivity (Wildman–Crippen MR) is 234 cm³/mol. The third-order valence-electron chi connectivity index (χ3n) is 11.5. The van der Waals surface area contributed by atoms with Gasteiger partial charge in [0.25, 0.3) is 0 Å². The molecule has 0 unspecified atom stereocenters. The summed E-state index contributed by atoms with van der Waals surface area (Å²) in [7, 11) is 0. The average Bonchev–Trinajstić information content (AvgIpc) is 3.79. The number of hydrogen-bond donors (Lipinski definition) is 0. The second-order valence-corrected chi connectivity index (χ2v) is 15.4. The molecule has 1 aliphatic carbocycles. The van der Waals surface area contributed by atoms with Crippen LogP contribution < -0.4 is 4.90 Å². The third-order valence-corrected chi connectivity index (χ3v) is 12.8. The van der Waals surface area contributed by atoms with Crippen molar-refractivity contribution in [3.63, 3.8) is 0 Å². The molecule has 10 aromatic rings. The summed E-state index contributed by atoms with van der Waals surface area (Å²) in [4.78, 5) is 2.40. The summed E-state index contributed by atoms with van der Waals surface area (Å²) in [5.74, 6) is 0. The molecule has 0 fully saturated rings. The van der Waals surface area contributed by atoms with Crippen molar-refractivity contribution in [2.45, 2.75) is 5.41 Å². The summed E-state index contributed by atoms with van der Waals surface area (Å²) < 4.78 is 2.69. The monoisotopic (exact) mass is 717 g/mol. The number of hydrogen-bond acceptors (Lipinski definition) is 2. The molecule has 0 saturated carbocycles. The topological polar surface area (TPSA) is 3.24 Å². The Kier molecular flexibility index (Phi) is 7.33. The van der Waals surface area contributed by atoms with E-state index in [1.54, 1.807) is 0 Å². The van der Waals surface area contributed by atoms with Gasteiger partial charge in [0.15, 0.2) is 0 Å². The first-order valence-corrected chi connectivity index (χ1v) is 19.7. The second-order valence-electron chi connectivity index (χ2n) is 14.4. The van der Waals surface area contributed by atoms with Gasteiger partial charge in [-0.3, -0.25) is 0 Å². The maximum Gasteiger partial charge on any atom is 0.0714 e. The minimum absolute atomic E-state index is 0.467. The Bertz CT molecular complexity index is 2980. The van der Waals surface area contributed by atoms with Crippen LogP contribution in [0.1, 0.15) is 22.3 Å². The van der Waals surface area contributed by atoms with E-state index in [0.29, 0.717) is 0 Å². The first kappa shape index (κ1) is 31.8. The Labute approximate surface area is 325 Å². The number of fused-ring (bicyclic) bond motifs is 8. The van der Waals surface area contributed by atoms with Crippen LogP contribution in [0.2, 0.25) is 0 Å². The summed E-state index contributed by atoms with van der Waals surface area (Å²) in [5, 5.41) is 5.25. The number of rotatable bonds is 6. The predicted octanol–water partition coefficient (Wildman–Crippen LogP) is 14.7. The van der Waals surface area contributed by atoms with Gasteiger partial charge in [0.2, 0.25) is 0 Å². The lowest BCUT2D eigenvalue weighted by Crippen LogP contribution is -2.28. The van der Waals surface area contributed by atoms with Gasteiger partial charge in [-0.2, -0.15) is 0 Å². The van der Waals surface area contributed by atoms with Crippen LogP contribution in [0.25, 0.3) is 53.2 Å². The van der Waals surface area contributed by atoms with Crippen molar-refractivity contribution >= 4 is 59.3 Å². The Morgan fingerprint density at radius 2 is 0.909 bits per heavy atom. The fraction of sp³-hybridized carbons (Fsp3) is 0.0189. The highest BCUT2D eigenvalue weighted by Crippen LogP contribution is 2.57. The average molecular weight is 718 g/mol. The van der Waals surface area contributed by atoms with Crippen molar-refractivity contribution in [3.05, 3.63) is 235 Å². The second kappa shape index (κ2) is 12.7. The lowest BCUT2D eigenvalue weighted by Gasteiger charge is -2.35. The fourth-order valence-electron chi connectivity index (χ4n) is 9.14. The SMILES string of the molecule is c1ccc(N(c2ccc(-c3cccc4c3sc3c5ccccc5ccc43)cc2)c2ccc3c(c2)C(c2ccccc2)(c2ccccc2)c2ccccc2-3)cc1. The number of anilines is 3. The van der Waals surface area contributed by atoms with E-state index in [-0.39, 0.29) is 0 Å². The number of nitrogens with zero attached hydrogens (tertiary/aromatic N) is 1. The zero-order valence-corrected chi connectivity index (χ0v) is 30.9. The number of para-hydroxylation sites is 1. The maximum atomic E-state index is 2.44. The largest absolute Gasteiger partial charge is 0.310 e.